The minimum absolute atomic E-state index is 0.0995. The molecule has 4 aliphatic rings. The standard InChI is InChI=1S/C25H27Cl3N6O/c1-14-21(15(2)33(31-14)11-16-3-4-19(26)20(27)6-16)30-22(35)24-7-17-5-18(8-24)10-25(9-17,12-24)34-13-29-23(28)32-34/h3-4,6,13,17-18H,5,7-12H2,1-2H3,(H,30,35). The molecule has 184 valence electrons. The molecule has 1 N–H and O–H groups in total. The smallest absolute Gasteiger partial charge is 0.242 e. The van der Waals surface area contributed by atoms with Crippen LogP contribution in [0.3, 0.4) is 0 Å². The molecule has 7 rings (SSSR count). The first-order valence-corrected chi connectivity index (χ1v) is 13.2. The quantitative estimate of drug-likeness (QED) is 0.434. The Hall–Kier alpha value is -2.09. The van der Waals surface area contributed by atoms with Crippen LogP contribution in [0.5, 0.6) is 0 Å². The Kier molecular flexibility index (Phi) is 5.47. The summed E-state index contributed by atoms with van der Waals surface area (Å²) in [5.41, 5.74) is 2.93. The second-order valence-electron chi connectivity index (χ2n) is 10.8. The number of nitrogens with zero attached hydrogens (tertiary/aromatic N) is 5. The monoisotopic (exact) mass is 532 g/mol. The van der Waals surface area contributed by atoms with Gasteiger partial charge in [0, 0.05) is 0 Å². The van der Waals surface area contributed by atoms with E-state index in [4.69, 9.17) is 39.9 Å². The van der Waals surface area contributed by atoms with E-state index in [0.29, 0.717) is 28.4 Å². The van der Waals surface area contributed by atoms with Crippen molar-refractivity contribution < 1.29 is 4.79 Å². The lowest BCUT2D eigenvalue weighted by atomic mass is 9.46. The number of hydrogen-bond donors (Lipinski definition) is 1. The molecule has 10 heteroatoms. The molecule has 2 unspecified atom stereocenters. The molecule has 4 fully saturated rings. The summed E-state index contributed by atoms with van der Waals surface area (Å²) in [7, 11) is 0. The summed E-state index contributed by atoms with van der Waals surface area (Å²) in [5, 5.41) is 13.8. The zero-order valence-corrected chi connectivity index (χ0v) is 22.0. The molecular formula is C25H27Cl3N6O. The van der Waals surface area contributed by atoms with Gasteiger partial charge in [0.2, 0.25) is 11.2 Å². The average Bonchev–Trinajstić information content (AvgIpc) is 3.34. The predicted molar refractivity (Wildman–Crippen MR) is 136 cm³/mol. The lowest BCUT2D eigenvalue weighted by molar-refractivity contribution is -0.150. The van der Waals surface area contributed by atoms with E-state index in [-0.39, 0.29) is 16.7 Å². The Balaban J connectivity index is 1.27. The van der Waals surface area contributed by atoms with Gasteiger partial charge in [0.15, 0.2) is 0 Å². The number of nitrogens with one attached hydrogen (secondary N) is 1. The highest BCUT2D eigenvalue weighted by atomic mass is 35.5. The summed E-state index contributed by atoms with van der Waals surface area (Å²) in [6.07, 6.45) is 7.63. The Labute approximate surface area is 219 Å². The number of hydrogen-bond acceptors (Lipinski definition) is 4. The van der Waals surface area contributed by atoms with Gasteiger partial charge in [-0.3, -0.25) is 9.48 Å². The molecular weight excluding hydrogens is 507 g/mol. The number of aryl methyl sites for hydroxylation is 1. The number of carbonyl (C=O) groups is 1. The number of carbonyl (C=O) groups excluding carboxylic acids is 1. The molecule has 0 spiro atoms. The van der Waals surface area contributed by atoms with E-state index in [2.05, 4.69) is 15.4 Å². The predicted octanol–water partition coefficient (Wildman–Crippen LogP) is 6.03. The molecule has 0 saturated heterocycles. The highest BCUT2D eigenvalue weighted by Crippen LogP contribution is 2.64. The lowest BCUT2D eigenvalue weighted by Crippen LogP contribution is -2.60. The summed E-state index contributed by atoms with van der Waals surface area (Å²) in [6, 6.07) is 5.58. The normalized spacial score (nSPS) is 29.1. The third-order valence-corrected chi connectivity index (χ3v) is 9.31. The van der Waals surface area contributed by atoms with Crippen LogP contribution in [0.15, 0.2) is 24.5 Å². The van der Waals surface area contributed by atoms with E-state index in [1.54, 1.807) is 12.4 Å². The maximum atomic E-state index is 13.9. The van der Waals surface area contributed by atoms with Gasteiger partial charge in [-0.2, -0.15) is 5.10 Å². The largest absolute Gasteiger partial charge is 0.322 e. The van der Waals surface area contributed by atoms with Gasteiger partial charge < -0.3 is 5.32 Å². The fourth-order valence-corrected chi connectivity index (χ4v) is 7.75. The first-order chi connectivity index (χ1) is 16.7. The van der Waals surface area contributed by atoms with Gasteiger partial charge >= 0.3 is 0 Å². The summed E-state index contributed by atoms with van der Waals surface area (Å²) in [5.74, 6) is 1.14. The van der Waals surface area contributed by atoms with Gasteiger partial charge in [-0.15, -0.1) is 5.10 Å². The Morgan fingerprint density at radius 2 is 1.83 bits per heavy atom. The van der Waals surface area contributed by atoms with Crippen molar-refractivity contribution in [3.63, 3.8) is 0 Å². The van der Waals surface area contributed by atoms with E-state index in [1.807, 2.05) is 35.3 Å². The topological polar surface area (TPSA) is 77.6 Å². The highest BCUT2D eigenvalue weighted by molar-refractivity contribution is 6.42. The number of rotatable bonds is 5. The fraction of sp³-hybridized carbons (Fsp3) is 0.520. The number of amides is 1. The molecule has 35 heavy (non-hydrogen) atoms. The molecule has 2 heterocycles. The third-order valence-electron chi connectivity index (χ3n) is 8.40. The molecule has 1 aromatic carbocycles. The molecule has 0 radical (unpaired) electrons. The van der Waals surface area contributed by atoms with Crippen LogP contribution in [0.2, 0.25) is 15.3 Å². The van der Waals surface area contributed by atoms with Gasteiger partial charge in [-0.25, -0.2) is 9.67 Å². The second-order valence-corrected chi connectivity index (χ2v) is 12.0. The Bertz CT molecular complexity index is 1320. The molecule has 1 amide bonds. The highest BCUT2D eigenvalue weighted by Gasteiger charge is 2.61. The van der Waals surface area contributed by atoms with Crippen LogP contribution < -0.4 is 5.32 Å². The molecule has 4 saturated carbocycles. The summed E-state index contributed by atoms with van der Waals surface area (Å²) >= 11 is 18.3. The van der Waals surface area contributed by atoms with Crippen LogP contribution in [0.1, 0.15) is 55.5 Å². The molecule has 0 aliphatic heterocycles. The van der Waals surface area contributed by atoms with Crippen molar-refractivity contribution in [3.8, 4) is 0 Å². The third kappa shape index (κ3) is 3.87. The van der Waals surface area contributed by atoms with Gasteiger partial charge in [0.25, 0.3) is 0 Å². The van der Waals surface area contributed by atoms with E-state index in [0.717, 1.165) is 54.7 Å². The maximum Gasteiger partial charge on any atom is 0.242 e. The molecule has 3 aromatic rings. The van der Waals surface area contributed by atoms with Crippen LogP contribution in [0.4, 0.5) is 5.69 Å². The molecule has 7 nitrogen and oxygen atoms in total. The minimum atomic E-state index is -0.410. The van der Waals surface area contributed by atoms with Gasteiger partial charge in [-0.05, 0) is 93.5 Å². The van der Waals surface area contributed by atoms with Crippen LogP contribution >= 0.6 is 34.8 Å². The number of benzene rings is 1. The van der Waals surface area contributed by atoms with Crippen molar-refractivity contribution in [1.82, 2.24) is 24.5 Å². The second kappa shape index (κ2) is 8.22. The van der Waals surface area contributed by atoms with Crippen LogP contribution in [-0.2, 0) is 16.9 Å². The van der Waals surface area contributed by atoms with Crippen molar-refractivity contribution in [3.05, 3.63) is 56.8 Å². The molecule has 4 bridgehead atoms. The fourth-order valence-electron chi connectivity index (χ4n) is 7.31. The van der Waals surface area contributed by atoms with Crippen molar-refractivity contribution in [2.24, 2.45) is 17.3 Å². The zero-order valence-electron chi connectivity index (χ0n) is 19.7. The van der Waals surface area contributed by atoms with E-state index >= 15 is 0 Å². The number of aromatic nitrogens is 5. The van der Waals surface area contributed by atoms with E-state index < -0.39 is 5.41 Å². The maximum absolute atomic E-state index is 13.9. The van der Waals surface area contributed by atoms with Crippen molar-refractivity contribution >= 4 is 46.4 Å². The average molecular weight is 534 g/mol. The van der Waals surface area contributed by atoms with Crippen LogP contribution in [0.25, 0.3) is 0 Å². The Morgan fingerprint density at radius 3 is 2.49 bits per heavy atom. The summed E-state index contributed by atoms with van der Waals surface area (Å²) < 4.78 is 3.85. The van der Waals surface area contributed by atoms with Crippen molar-refractivity contribution in [1.29, 1.82) is 0 Å². The van der Waals surface area contributed by atoms with E-state index in [9.17, 15) is 4.79 Å². The van der Waals surface area contributed by atoms with Gasteiger partial charge in [0.1, 0.15) is 6.33 Å². The first kappa shape index (κ1) is 23.3. The van der Waals surface area contributed by atoms with Crippen LogP contribution in [-0.4, -0.2) is 30.5 Å². The van der Waals surface area contributed by atoms with E-state index in [1.165, 1.54) is 6.42 Å². The molecule has 2 atom stereocenters. The molecule has 2 aromatic heterocycles. The number of halogens is 3. The number of anilines is 1. The SMILES string of the molecule is Cc1nn(Cc2ccc(Cl)c(Cl)c2)c(C)c1NC(=O)C12CC3CC(C1)CC(n1cnc(Cl)n1)(C3)C2. The van der Waals surface area contributed by atoms with Gasteiger partial charge in [0.05, 0.1) is 44.6 Å². The summed E-state index contributed by atoms with van der Waals surface area (Å²) in [6.45, 7) is 4.48. The lowest BCUT2D eigenvalue weighted by Gasteiger charge is -2.60. The molecule has 4 aliphatic carbocycles. The van der Waals surface area contributed by atoms with Crippen LogP contribution in [0, 0.1) is 31.1 Å². The first-order valence-electron chi connectivity index (χ1n) is 12.0. The van der Waals surface area contributed by atoms with Crippen molar-refractivity contribution in [2.75, 3.05) is 5.32 Å². The van der Waals surface area contributed by atoms with Crippen molar-refractivity contribution in [2.45, 2.75) is 64.5 Å². The zero-order chi connectivity index (χ0) is 24.5. The Morgan fingerprint density at radius 1 is 1.09 bits per heavy atom. The minimum Gasteiger partial charge on any atom is -0.322 e. The van der Waals surface area contributed by atoms with Gasteiger partial charge in [-0.1, -0.05) is 29.3 Å². The summed E-state index contributed by atoms with van der Waals surface area (Å²) in [4.78, 5) is 18.1.